The van der Waals surface area contributed by atoms with Crippen molar-refractivity contribution >= 4 is 23.6 Å². The van der Waals surface area contributed by atoms with Crippen LogP contribution in [0.1, 0.15) is 44.6 Å². The van der Waals surface area contributed by atoms with Gasteiger partial charge in [-0.25, -0.2) is 4.39 Å². The first-order valence-electron chi connectivity index (χ1n) is 10.5. The smallest absolute Gasteiger partial charge is 0.242 e. The van der Waals surface area contributed by atoms with Crippen LogP contribution in [0.5, 0.6) is 0 Å². The summed E-state index contributed by atoms with van der Waals surface area (Å²) >= 11 is 1.45. The molecule has 1 aliphatic carbocycles. The van der Waals surface area contributed by atoms with Crippen molar-refractivity contribution in [1.29, 1.82) is 0 Å². The fourth-order valence-electron chi connectivity index (χ4n) is 3.68. The number of carbonyl (C=O) groups is 2. The highest BCUT2D eigenvalue weighted by molar-refractivity contribution is 8.00. The van der Waals surface area contributed by atoms with Gasteiger partial charge >= 0.3 is 0 Å². The summed E-state index contributed by atoms with van der Waals surface area (Å²) in [5.74, 6) is -0.312. The van der Waals surface area contributed by atoms with Gasteiger partial charge in [0.25, 0.3) is 0 Å². The van der Waals surface area contributed by atoms with E-state index in [-0.39, 0.29) is 36.0 Å². The molecule has 1 atom stereocenters. The van der Waals surface area contributed by atoms with Crippen LogP contribution in [0.3, 0.4) is 0 Å². The summed E-state index contributed by atoms with van der Waals surface area (Å²) in [4.78, 5) is 28.6. The Bertz CT molecular complexity index is 823. The second-order valence-corrected chi connectivity index (χ2v) is 8.82. The lowest BCUT2D eigenvalue weighted by molar-refractivity contribution is -0.139. The molecule has 0 unspecified atom stereocenters. The Balaban J connectivity index is 1.68. The molecule has 6 heteroatoms. The number of halogens is 1. The minimum atomic E-state index is -0.596. The van der Waals surface area contributed by atoms with E-state index in [4.69, 9.17) is 0 Å². The molecular weight excluding hydrogens is 399 g/mol. The van der Waals surface area contributed by atoms with Crippen molar-refractivity contribution in [2.24, 2.45) is 0 Å². The molecule has 2 aromatic carbocycles. The molecule has 1 saturated carbocycles. The second kappa shape index (κ2) is 11.2. The molecule has 3 rings (SSSR count). The quantitative estimate of drug-likeness (QED) is 0.616. The Labute approximate surface area is 182 Å². The van der Waals surface area contributed by atoms with Crippen LogP contribution in [0.15, 0.2) is 59.5 Å². The van der Waals surface area contributed by atoms with Crippen molar-refractivity contribution in [1.82, 2.24) is 10.2 Å². The normalized spacial score (nSPS) is 15.4. The van der Waals surface area contributed by atoms with Crippen LogP contribution in [0.4, 0.5) is 4.39 Å². The van der Waals surface area contributed by atoms with Crippen molar-refractivity contribution in [3.8, 4) is 0 Å². The average molecular weight is 429 g/mol. The Morgan fingerprint density at radius 2 is 1.73 bits per heavy atom. The number of nitrogens with one attached hydrogen (secondary N) is 1. The van der Waals surface area contributed by atoms with Crippen LogP contribution in [0.2, 0.25) is 0 Å². The van der Waals surface area contributed by atoms with Crippen LogP contribution in [-0.4, -0.2) is 34.6 Å². The van der Waals surface area contributed by atoms with Crippen LogP contribution in [0.25, 0.3) is 0 Å². The molecule has 0 radical (unpaired) electrons. The van der Waals surface area contributed by atoms with Gasteiger partial charge in [0, 0.05) is 17.5 Å². The van der Waals surface area contributed by atoms with Gasteiger partial charge in [-0.15, -0.1) is 11.8 Å². The summed E-state index contributed by atoms with van der Waals surface area (Å²) in [6, 6.07) is 15.4. The van der Waals surface area contributed by atoms with Crippen molar-refractivity contribution < 1.29 is 14.0 Å². The third-order valence-corrected chi connectivity index (χ3v) is 6.49. The number of carbonyl (C=O) groups excluding carboxylic acids is 2. The van der Waals surface area contributed by atoms with E-state index in [1.165, 1.54) is 30.3 Å². The van der Waals surface area contributed by atoms with Gasteiger partial charge in [0.05, 0.1) is 5.75 Å². The Morgan fingerprint density at radius 3 is 2.40 bits per heavy atom. The van der Waals surface area contributed by atoms with Gasteiger partial charge in [0.1, 0.15) is 11.9 Å². The molecule has 0 bridgehead atoms. The monoisotopic (exact) mass is 428 g/mol. The van der Waals surface area contributed by atoms with Gasteiger partial charge in [-0.1, -0.05) is 49.6 Å². The van der Waals surface area contributed by atoms with E-state index in [1.807, 2.05) is 30.3 Å². The number of rotatable bonds is 8. The highest BCUT2D eigenvalue weighted by Gasteiger charge is 2.28. The summed E-state index contributed by atoms with van der Waals surface area (Å²) < 4.78 is 13.3. The summed E-state index contributed by atoms with van der Waals surface area (Å²) in [5.41, 5.74) is 0.798. The highest BCUT2D eigenvalue weighted by Crippen LogP contribution is 2.21. The van der Waals surface area contributed by atoms with Gasteiger partial charge in [-0.3, -0.25) is 9.59 Å². The molecular formula is C24H29FN2O2S. The van der Waals surface area contributed by atoms with Gasteiger partial charge in [0.2, 0.25) is 11.8 Å². The topological polar surface area (TPSA) is 49.4 Å². The van der Waals surface area contributed by atoms with Crippen molar-refractivity contribution in [3.05, 3.63) is 66.0 Å². The summed E-state index contributed by atoms with van der Waals surface area (Å²) in [7, 11) is 0. The Hall–Kier alpha value is -2.34. The third kappa shape index (κ3) is 6.59. The first-order valence-corrected chi connectivity index (χ1v) is 11.5. The van der Waals surface area contributed by atoms with Gasteiger partial charge < -0.3 is 10.2 Å². The van der Waals surface area contributed by atoms with Gasteiger partial charge in [-0.05, 0) is 49.6 Å². The molecule has 1 aliphatic rings. The molecule has 2 amide bonds. The Kier molecular flexibility index (Phi) is 8.31. The lowest BCUT2D eigenvalue weighted by atomic mass is 9.95. The SMILES string of the molecule is C[C@H](C(=O)NC1CCCCC1)N(Cc1ccc(F)cc1)C(=O)CSc1ccccc1. The highest BCUT2D eigenvalue weighted by atomic mass is 32.2. The van der Waals surface area contributed by atoms with Crippen LogP contribution < -0.4 is 5.32 Å². The van der Waals surface area contributed by atoms with E-state index in [0.29, 0.717) is 0 Å². The maximum absolute atomic E-state index is 13.3. The number of hydrogen-bond acceptors (Lipinski definition) is 3. The Morgan fingerprint density at radius 1 is 1.07 bits per heavy atom. The standard InChI is InChI=1S/C24H29FN2O2S/c1-18(24(29)26-21-8-4-2-5-9-21)27(16-19-12-14-20(25)15-13-19)23(28)17-30-22-10-6-3-7-11-22/h3,6-7,10-15,18,21H,2,4-5,8-9,16-17H2,1H3,(H,26,29)/t18-/m1/s1. The molecule has 160 valence electrons. The third-order valence-electron chi connectivity index (χ3n) is 5.49. The summed E-state index contributed by atoms with van der Waals surface area (Å²) in [6.45, 7) is 2.04. The molecule has 4 nitrogen and oxygen atoms in total. The zero-order chi connectivity index (χ0) is 21.3. The molecule has 0 aliphatic heterocycles. The van der Waals surface area contributed by atoms with Crippen molar-refractivity contribution in [3.63, 3.8) is 0 Å². The zero-order valence-corrected chi connectivity index (χ0v) is 18.2. The van der Waals surface area contributed by atoms with E-state index in [1.54, 1.807) is 24.0 Å². The number of nitrogens with zero attached hydrogens (tertiary/aromatic N) is 1. The van der Waals surface area contributed by atoms with E-state index >= 15 is 0 Å². The fraction of sp³-hybridized carbons (Fsp3) is 0.417. The van der Waals surface area contributed by atoms with Crippen LogP contribution in [0, 0.1) is 5.82 Å². The first kappa shape index (κ1) is 22.3. The first-order chi connectivity index (χ1) is 14.5. The number of benzene rings is 2. The lowest BCUT2D eigenvalue weighted by Crippen LogP contribution is -2.50. The number of thioether (sulfide) groups is 1. The van der Waals surface area contributed by atoms with E-state index in [2.05, 4.69) is 5.32 Å². The fourth-order valence-corrected chi connectivity index (χ4v) is 4.49. The van der Waals surface area contributed by atoms with E-state index in [9.17, 15) is 14.0 Å². The maximum Gasteiger partial charge on any atom is 0.242 e. The van der Waals surface area contributed by atoms with Crippen molar-refractivity contribution in [2.75, 3.05) is 5.75 Å². The van der Waals surface area contributed by atoms with Crippen LogP contribution in [-0.2, 0) is 16.1 Å². The lowest BCUT2D eigenvalue weighted by Gasteiger charge is -2.31. The summed E-state index contributed by atoms with van der Waals surface area (Å²) in [5, 5.41) is 3.12. The number of hydrogen-bond donors (Lipinski definition) is 1. The van der Waals surface area contributed by atoms with E-state index in [0.717, 1.165) is 36.1 Å². The molecule has 0 heterocycles. The molecule has 0 spiro atoms. The zero-order valence-electron chi connectivity index (χ0n) is 17.4. The molecule has 2 aromatic rings. The van der Waals surface area contributed by atoms with Gasteiger partial charge in [-0.2, -0.15) is 0 Å². The predicted octanol–water partition coefficient (Wildman–Crippen LogP) is 4.78. The molecule has 1 N–H and O–H groups in total. The van der Waals surface area contributed by atoms with Crippen LogP contribution >= 0.6 is 11.8 Å². The maximum atomic E-state index is 13.3. The minimum absolute atomic E-state index is 0.112. The molecule has 1 fully saturated rings. The largest absolute Gasteiger partial charge is 0.352 e. The van der Waals surface area contributed by atoms with Gasteiger partial charge in [0.15, 0.2) is 0 Å². The van der Waals surface area contributed by atoms with Crippen molar-refractivity contribution in [2.45, 2.75) is 62.6 Å². The number of amides is 2. The molecule has 0 saturated heterocycles. The summed E-state index contributed by atoms with van der Waals surface area (Å²) in [6.07, 6.45) is 5.47. The molecule has 30 heavy (non-hydrogen) atoms. The second-order valence-electron chi connectivity index (χ2n) is 7.77. The predicted molar refractivity (Wildman–Crippen MR) is 119 cm³/mol. The molecule has 0 aromatic heterocycles. The average Bonchev–Trinajstić information content (AvgIpc) is 2.78. The van der Waals surface area contributed by atoms with E-state index < -0.39 is 6.04 Å². The minimum Gasteiger partial charge on any atom is -0.352 e.